The molecule has 1 saturated heterocycles. The first-order valence-electron chi connectivity index (χ1n) is 5.82. The molecule has 16 heavy (non-hydrogen) atoms. The Morgan fingerprint density at radius 3 is 2.50 bits per heavy atom. The van der Waals surface area contributed by atoms with E-state index >= 15 is 0 Å². The van der Waals surface area contributed by atoms with Crippen LogP contribution < -0.4 is 0 Å². The van der Waals surface area contributed by atoms with Crippen molar-refractivity contribution in [2.75, 3.05) is 27.3 Å². The maximum Gasteiger partial charge on any atom is 0.222 e. The molecule has 0 bridgehead atoms. The molecule has 94 valence electrons. The van der Waals surface area contributed by atoms with E-state index in [0.717, 1.165) is 19.4 Å². The molecule has 1 rings (SSSR count). The van der Waals surface area contributed by atoms with E-state index in [-0.39, 0.29) is 17.6 Å². The Bertz CT molecular complexity index is 236. The summed E-state index contributed by atoms with van der Waals surface area (Å²) in [7, 11) is 3.20. The Kier molecular flexibility index (Phi) is 4.74. The van der Waals surface area contributed by atoms with Gasteiger partial charge in [0.15, 0.2) is 6.29 Å². The van der Waals surface area contributed by atoms with Crippen LogP contribution in [0.5, 0.6) is 0 Å². The van der Waals surface area contributed by atoms with Crippen LogP contribution in [0.25, 0.3) is 0 Å². The second kappa shape index (κ2) is 5.64. The summed E-state index contributed by atoms with van der Waals surface area (Å²) < 4.78 is 10.3. The zero-order chi connectivity index (χ0) is 12.2. The second-order valence-electron chi connectivity index (χ2n) is 5.15. The van der Waals surface area contributed by atoms with Gasteiger partial charge in [-0.15, -0.1) is 0 Å². The van der Waals surface area contributed by atoms with Gasteiger partial charge in [0.1, 0.15) is 0 Å². The molecular formula is C12H23NO3. The number of ether oxygens (including phenoxy) is 2. The zero-order valence-electron chi connectivity index (χ0n) is 10.8. The largest absolute Gasteiger partial charge is 0.354 e. The highest BCUT2D eigenvalue weighted by Crippen LogP contribution is 2.30. The minimum absolute atomic E-state index is 0.213. The first-order valence-corrected chi connectivity index (χ1v) is 5.82. The molecule has 0 aromatic heterocycles. The Morgan fingerprint density at radius 2 is 1.94 bits per heavy atom. The highest BCUT2D eigenvalue weighted by atomic mass is 16.7. The number of nitrogens with zero attached hydrogens (tertiary/aromatic N) is 1. The average Bonchev–Trinajstić information content (AvgIpc) is 2.37. The fourth-order valence-electron chi connectivity index (χ4n) is 1.91. The van der Waals surface area contributed by atoms with Crippen molar-refractivity contribution >= 4 is 5.91 Å². The summed E-state index contributed by atoms with van der Waals surface area (Å²) in [5, 5.41) is 0. The maximum absolute atomic E-state index is 11.9. The van der Waals surface area contributed by atoms with Gasteiger partial charge in [-0.05, 0) is 18.3 Å². The van der Waals surface area contributed by atoms with Crippen molar-refractivity contribution < 1.29 is 14.3 Å². The van der Waals surface area contributed by atoms with E-state index in [0.29, 0.717) is 13.0 Å². The molecule has 1 heterocycles. The van der Waals surface area contributed by atoms with Gasteiger partial charge in [0.25, 0.3) is 0 Å². The predicted molar refractivity (Wildman–Crippen MR) is 62.0 cm³/mol. The molecule has 0 radical (unpaired) electrons. The van der Waals surface area contributed by atoms with Gasteiger partial charge in [-0.25, -0.2) is 0 Å². The fourth-order valence-corrected chi connectivity index (χ4v) is 1.91. The molecule has 4 heteroatoms. The lowest BCUT2D eigenvalue weighted by molar-refractivity contribution is -0.144. The first-order chi connectivity index (χ1) is 7.48. The monoisotopic (exact) mass is 229 g/mol. The van der Waals surface area contributed by atoms with Gasteiger partial charge in [0.05, 0.1) is 6.54 Å². The lowest BCUT2D eigenvalue weighted by Crippen LogP contribution is -2.38. The molecule has 1 aliphatic rings. The number of likely N-dealkylation sites (tertiary alicyclic amines) is 1. The number of amides is 1. The van der Waals surface area contributed by atoms with Gasteiger partial charge in [-0.3, -0.25) is 4.79 Å². The van der Waals surface area contributed by atoms with Crippen LogP contribution in [0, 0.1) is 5.41 Å². The molecular weight excluding hydrogens is 206 g/mol. The number of carbonyl (C=O) groups excluding carboxylic acids is 1. The molecule has 0 unspecified atom stereocenters. The first kappa shape index (κ1) is 13.5. The Morgan fingerprint density at radius 1 is 1.31 bits per heavy atom. The Labute approximate surface area is 97.9 Å². The van der Waals surface area contributed by atoms with Gasteiger partial charge in [0.2, 0.25) is 5.91 Å². The minimum atomic E-state index is -0.315. The van der Waals surface area contributed by atoms with Crippen molar-refractivity contribution in [2.24, 2.45) is 5.41 Å². The van der Waals surface area contributed by atoms with Crippen LogP contribution in [0.2, 0.25) is 0 Å². The SMILES string of the molecule is COC(CN1CCC(C)(C)CCC1=O)OC. The third-order valence-electron chi connectivity index (χ3n) is 3.32. The number of carbonyl (C=O) groups is 1. The third kappa shape index (κ3) is 3.76. The standard InChI is InChI=1S/C12H23NO3/c1-12(2)6-5-10(14)13(8-7-12)9-11(15-3)16-4/h11H,5-9H2,1-4H3. The average molecular weight is 229 g/mol. The molecule has 1 amide bonds. The molecule has 0 saturated carbocycles. The molecule has 4 nitrogen and oxygen atoms in total. The van der Waals surface area contributed by atoms with E-state index in [1.54, 1.807) is 14.2 Å². The van der Waals surface area contributed by atoms with Crippen LogP contribution in [0.1, 0.15) is 33.1 Å². The highest BCUT2D eigenvalue weighted by molar-refractivity contribution is 5.76. The van der Waals surface area contributed by atoms with Crippen LogP contribution in [0.15, 0.2) is 0 Å². The Balaban J connectivity index is 2.56. The fraction of sp³-hybridized carbons (Fsp3) is 0.917. The van der Waals surface area contributed by atoms with E-state index in [9.17, 15) is 4.79 Å². The minimum Gasteiger partial charge on any atom is -0.354 e. The summed E-state index contributed by atoms with van der Waals surface area (Å²) in [6.07, 6.45) is 2.32. The van der Waals surface area contributed by atoms with Crippen molar-refractivity contribution in [3.63, 3.8) is 0 Å². The van der Waals surface area contributed by atoms with Crippen molar-refractivity contribution in [3.8, 4) is 0 Å². The van der Waals surface area contributed by atoms with Gasteiger partial charge in [-0.1, -0.05) is 13.8 Å². The van der Waals surface area contributed by atoms with E-state index in [1.807, 2.05) is 4.90 Å². The molecule has 0 aliphatic carbocycles. The number of hydrogen-bond acceptors (Lipinski definition) is 3. The summed E-state index contributed by atoms with van der Waals surface area (Å²) in [4.78, 5) is 13.7. The van der Waals surface area contributed by atoms with Crippen LogP contribution in [0.4, 0.5) is 0 Å². The molecule has 0 N–H and O–H groups in total. The van der Waals surface area contributed by atoms with Crippen molar-refractivity contribution in [1.29, 1.82) is 0 Å². The lowest BCUT2D eigenvalue weighted by atomic mass is 9.85. The maximum atomic E-state index is 11.9. The summed E-state index contributed by atoms with van der Waals surface area (Å²) >= 11 is 0. The molecule has 0 aromatic rings. The molecule has 0 atom stereocenters. The molecule has 0 spiro atoms. The van der Waals surface area contributed by atoms with Gasteiger partial charge >= 0.3 is 0 Å². The smallest absolute Gasteiger partial charge is 0.222 e. The van der Waals surface area contributed by atoms with Crippen molar-refractivity contribution in [1.82, 2.24) is 4.90 Å². The third-order valence-corrected chi connectivity index (χ3v) is 3.32. The topological polar surface area (TPSA) is 38.8 Å². The van der Waals surface area contributed by atoms with E-state index < -0.39 is 0 Å². The summed E-state index contributed by atoms with van der Waals surface area (Å²) in [6.45, 7) is 5.76. The van der Waals surface area contributed by atoms with Gasteiger partial charge in [0, 0.05) is 27.2 Å². The van der Waals surface area contributed by atoms with E-state index in [2.05, 4.69) is 13.8 Å². The Hall–Kier alpha value is -0.610. The number of hydrogen-bond donors (Lipinski definition) is 0. The normalized spacial score (nSPS) is 21.3. The van der Waals surface area contributed by atoms with Crippen LogP contribution in [0.3, 0.4) is 0 Å². The molecule has 1 aliphatic heterocycles. The van der Waals surface area contributed by atoms with Crippen molar-refractivity contribution in [2.45, 2.75) is 39.4 Å². The van der Waals surface area contributed by atoms with Crippen molar-refractivity contribution in [3.05, 3.63) is 0 Å². The van der Waals surface area contributed by atoms with Crippen LogP contribution in [-0.4, -0.2) is 44.4 Å². The number of methoxy groups -OCH3 is 2. The lowest BCUT2D eigenvalue weighted by Gasteiger charge is -2.26. The van der Waals surface area contributed by atoms with E-state index in [4.69, 9.17) is 9.47 Å². The van der Waals surface area contributed by atoms with E-state index in [1.165, 1.54) is 0 Å². The molecule has 1 fully saturated rings. The summed E-state index contributed by atoms with van der Waals surface area (Å²) in [5.41, 5.74) is 0.264. The summed E-state index contributed by atoms with van der Waals surface area (Å²) in [5.74, 6) is 0.213. The van der Waals surface area contributed by atoms with Crippen LogP contribution >= 0.6 is 0 Å². The summed E-state index contributed by atoms with van der Waals surface area (Å²) in [6, 6.07) is 0. The number of rotatable bonds is 4. The van der Waals surface area contributed by atoms with Crippen LogP contribution in [-0.2, 0) is 14.3 Å². The van der Waals surface area contributed by atoms with Gasteiger partial charge in [-0.2, -0.15) is 0 Å². The van der Waals surface area contributed by atoms with Gasteiger partial charge < -0.3 is 14.4 Å². The zero-order valence-corrected chi connectivity index (χ0v) is 10.8. The predicted octanol–water partition coefficient (Wildman–Crippen LogP) is 1.64. The second-order valence-corrected chi connectivity index (χ2v) is 5.15. The highest BCUT2D eigenvalue weighted by Gasteiger charge is 2.28. The quantitative estimate of drug-likeness (QED) is 0.688. The molecule has 0 aromatic carbocycles.